The number of hydrogen-bond acceptors (Lipinski definition) is 3. The van der Waals surface area contributed by atoms with Gasteiger partial charge in [-0.25, -0.2) is 0 Å². The lowest BCUT2D eigenvalue weighted by atomic mass is 9.99. The molecule has 0 aliphatic rings. The Morgan fingerprint density at radius 1 is 1.40 bits per heavy atom. The fraction of sp³-hybridized carbons (Fsp3) is 0.364. The number of hydrogen-bond donors (Lipinski definition) is 1. The Hall–Kier alpha value is -1.71. The van der Waals surface area contributed by atoms with Crippen LogP contribution in [0.5, 0.6) is 0 Å². The zero-order valence-electron chi connectivity index (χ0n) is 9.36. The Balaban J connectivity index is 3.02. The molecule has 0 radical (unpaired) electrons. The van der Waals surface area contributed by atoms with Gasteiger partial charge in [0.15, 0.2) is 0 Å². The fourth-order valence-electron chi connectivity index (χ4n) is 0.909. The molecule has 0 atom stereocenters. The largest absolute Gasteiger partial charge is 0.266 e. The molecule has 0 aliphatic carbocycles. The van der Waals surface area contributed by atoms with Crippen LogP contribution in [0.25, 0.3) is 12.3 Å². The van der Waals surface area contributed by atoms with Gasteiger partial charge in [0.2, 0.25) is 0 Å². The van der Waals surface area contributed by atoms with Crippen molar-refractivity contribution in [1.29, 1.82) is 0 Å². The molecule has 0 saturated carbocycles. The Kier molecular flexibility index (Phi) is 3.55. The van der Waals surface area contributed by atoms with Gasteiger partial charge in [0.25, 0.3) is 0 Å². The summed E-state index contributed by atoms with van der Waals surface area (Å²) in [6, 6.07) is 0. The van der Waals surface area contributed by atoms with Gasteiger partial charge in [-0.15, -0.1) is 5.10 Å². The average molecular weight is 204 g/mol. The van der Waals surface area contributed by atoms with Crippen LogP contribution in [-0.2, 0) is 0 Å². The predicted molar refractivity (Wildman–Crippen MR) is 62.7 cm³/mol. The van der Waals surface area contributed by atoms with Crippen molar-refractivity contribution in [1.82, 2.24) is 15.4 Å². The summed E-state index contributed by atoms with van der Waals surface area (Å²) in [5, 5.41) is 11.9. The quantitative estimate of drug-likeness (QED) is 0.718. The fourth-order valence-corrected chi connectivity index (χ4v) is 0.909. The number of nitrogens with zero attached hydrogens (tertiary/aromatic N) is 3. The molecule has 0 fully saturated rings. The van der Waals surface area contributed by atoms with Gasteiger partial charge in [-0.05, 0) is 11.5 Å². The molecule has 15 heavy (non-hydrogen) atoms. The summed E-state index contributed by atoms with van der Waals surface area (Å²) in [6.07, 6.45) is 7.04. The van der Waals surface area contributed by atoms with Crippen LogP contribution in [0, 0.1) is 5.41 Å². The Labute approximate surface area is 89.1 Å². The first-order valence-electron chi connectivity index (χ1n) is 4.77. The van der Waals surface area contributed by atoms with Gasteiger partial charge >= 0.3 is 0 Å². The summed E-state index contributed by atoms with van der Waals surface area (Å²) in [5.41, 5.74) is 0.0757. The molecule has 0 amide bonds. The molecule has 1 rings (SSSR count). The first kappa shape index (κ1) is 11.4. The van der Waals surface area contributed by atoms with Crippen LogP contribution in [0.1, 0.15) is 20.8 Å². The van der Waals surface area contributed by atoms with Crippen molar-refractivity contribution >= 4 is 18.5 Å². The molecule has 0 aromatic carbocycles. The van der Waals surface area contributed by atoms with Crippen molar-refractivity contribution in [3.05, 3.63) is 23.4 Å². The van der Waals surface area contributed by atoms with Gasteiger partial charge in [-0.1, -0.05) is 38.6 Å². The molecule has 0 unspecified atom stereocenters. The van der Waals surface area contributed by atoms with Crippen LogP contribution in [0.2, 0.25) is 0 Å². The predicted octanol–water partition coefficient (Wildman–Crippen LogP) is 0.626. The molecule has 0 bridgehead atoms. The number of aromatic amines is 1. The van der Waals surface area contributed by atoms with E-state index in [-0.39, 0.29) is 5.41 Å². The summed E-state index contributed by atoms with van der Waals surface area (Å²) in [7, 11) is 0. The van der Waals surface area contributed by atoms with Crippen LogP contribution < -0.4 is 10.7 Å². The van der Waals surface area contributed by atoms with Crippen LogP contribution in [0.15, 0.2) is 17.6 Å². The number of aromatic nitrogens is 3. The summed E-state index contributed by atoms with van der Waals surface area (Å²) in [5.74, 6) is 0. The third kappa shape index (κ3) is 3.89. The summed E-state index contributed by atoms with van der Waals surface area (Å²) >= 11 is 0. The lowest BCUT2D eigenvalue weighted by Crippen LogP contribution is -2.23. The van der Waals surface area contributed by atoms with Gasteiger partial charge in [0.1, 0.15) is 10.7 Å². The number of allylic oxidation sites excluding steroid dienone is 1. The highest BCUT2D eigenvalue weighted by Gasteiger charge is 2.03. The smallest absolute Gasteiger partial charge is 0.114 e. The van der Waals surface area contributed by atoms with E-state index in [4.69, 9.17) is 0 Å². The number of aliphatic imine (C=N–C) groups is 1. The molecule has 1 aromatic rings. The first-order chi connectivity index (χ1) is 7.03. The van der Waals surface area contributed by atoms with Crippen LogP contribution in [0.3, 0.4) is 0 Å². The molecular formula is C11H16N4. The third-order valence-corrected chi connectivity index (χ3v) is 1.55. The third-order valence-electron chi connectivity index (χ3n) is 1.55. The van der Waals surface area contributed by atoms with Crippen molar-refractivity contribution in [3.63, 3.8) is 0 Å². The first-order valence-corrected chi connectivity index (χ1v) is 4.77. The van der Waals surface area contributed by atoms with E-state index < -0.39 is 0 Å². The number of nitrogens with one attached hydrogen (secondary N) is 1. The summed E-state index contributed by atoms with van der Waals surface area (Å²) in [6.45, 7) is 9.88. The molecule has 1 N–H and O–H groups in total. The van der Waals surface area contributed by atoms with Gasteiger partial charge in [-0.2, -0.15) is 0 Å². The molecule has 4 nitrogen and oxygen atoms in total. The maximum atomic E-state index is 4.21. The monoisotopic (exact) mass is 204 g/mol. The van der Waals surface area contributed by atoms with E-state index in [1.807, 2.05) is 6.21 Å². The molecule has 0 aliphatic heterocycles. The van der Waals surface area contributed by atoms with Crippen molar-refractivity contribution in [2.75, 3.05) is 0 Å². The maximum absolute atomic E-state index is 4.21. The molecule has 0 spiro atoms. The SMILES string of the molecule is C=C/C=c1/nn[nH]/c1=C/N=C/C(C)(C)C. The highest BCUT2D eigenvalue weighted by molar-refractivity contribution is 5.66. The van der Waals surface area contributed by atoms with E-state index in [1.54, 1.807) is 18.4 Å². The van der Waals surface area contributed by atoms with Gasteiger partial charge in [0.05, 0.1) is 6.20 Å². The molecule has 80 valence electrons. The normalized spacial score (nSPS) is 15.1. The molecule has 1 heterocycles. The maximum Gasteiger partial charge on any atom is 0.114 e. The van der Waals surface area contributed by atoms with Crippen molar-refractivity contribution < 1.29 is 0 Å². The minimum atomic E-state index is 0.0757. The zero-order valence-corrected chi connectivity index (χ0v) is 9.36. The second-order valence-corrected chi connectivity index (χ2v) is 4.29. The van der Waals surface area contributed by atoms with E-state index in [0.29, 0.717) is 0 Å². The lowest BCUT2D eigenvalue weighted by molar-refractivity contribution is 0.607. The van der Waals surface area contributed by atoms with Gasteiger partial charge in [0, 0.05) is 6.21 Å². The van der Waals surface area contributed by atoms with E-state index in [1.165, 1.54) is 0 Å². The number of rotatable bonds is 2. The molecular weight excluding hydrogens is 188 g/mol. The minimum Gasteiger partial charge on any atom is -0.266 e. The average Bonchev–Trinajstić information content (AvgIpc) is 2.51. The minimum absolute atomic E-state index is 0.0757. The molecule has 0 saturated heterocycles. The standard InChI is InChI=1S/C11H16N4/c1-5-6-9-10(14-15-13-9)7-12-8-11(2,3)4/h5-8H,1H2,2-4H3,(H,13,14)/b9-6+,10-7+,12-8+. The molecule has 4 heteroatoms. The highest BCUT2D eigenvalue weighted by atomic mass is 15.3. The Bertz CT molecular complexity index is 460. The van der Waals surface area contributed by atoms with Crippen molar-refractivity contribution in [2.24, 2.45) is 10.4 Å². The summed E-state index contributed by atoms with van der Waals surface area (Å²) in [4.78, 5) is 4.21. The van der Waals surface area contributed by atoms with E-state index >= 15 is 0 Å². The van der Waals surface area contributed by atoms with Crippen LogP contribution in [-0.4, -0.2) is 21.6 Å². The van der Waals surface area contributed by atoms with E-state index in [0.717, 1.165) is 10.7 Å². The summed E-state index contributed by atoms with van der Waals surface area (Å²) < 4.78 is 0. The van der Waals surface area contributed by atoms with Crippen molar-refractivity contribution in [3.8, 4) is 0 Å². The Morgan fingerprint density at radius 3 is 2.73 bits per heavy atom. The lowest BCUT2D eigenvalue weighted by Gasteiger charge is -2.08. The second kappa shape index (κ2) is 4.68. The van der Waals surface area contributed by atoms with E-state index in [9.17, 15) is 0 Å². The van der Waals surface area contributed by atoms with E-state index in [2.05, 4.69) is 47.8 Å². The highest BCUT2D eigenvalue weighted by Crippen LogP contribution is 2.07. The van der Waals surface area contributed by atoms with Crippen LogP contribution >= 0.6 is 0 Å². The topological polar surface area (TPSA) is 53.9 Å². The van der Waals surface area contributed by atoms with Crippen LogP contribution in [0.4, 0.5) is 0 Å². The Morgan fingerprint density at radius 2 is 2.13 bits per heavy atom. The molecule has 1 aromatic heterocycles. The van der Waals surface area contributed by atoms with Gasteiger partial charge in [-0.3, -0.25) is 10.1 Å². The van der Waals surface area contributed by atoms with Gasteiger partial charge < -0.3 is 0 Å². The van der Waals surface area contributed by atoms with Crippen molar-refractivity contribution in [2.45, 2.75) is 20.8 Å². The number of H-pyrrole nitrogens is 1. The second-order valence-electron chi connectivity index (χ2n) is 4.29. The zero-order chi connectivity index (χ0) is 11.3.